The van der Waals surface area contributed by atoms with E-state index in [1.807, 2.05) is 0 Å². The molecule has 1 saturated heterocycles. The van der Waals surface area contributed by atoms with Crippen molar-refractivity contribution in [1.82, 2.24) is 10.1 Å². The number of aliphatic hydroxyl groups is 2. The lowest BCUT2D eigenvalue weighted by molar-refractivity contribution is -0.0242. The van der Waals surface area contributed by atoms with E-state index in [4.69, 9.17) is 4.52 Å². The highest BCUT2D eigenvalue weighted by molar-refractivity contribution is 5.93. The molecule has 2 amide bonds. The van der Waals surface area contributed by atoms with Gasteiger partial charge < -0.3 is 14.7 Å². The number of carbonyl (C=O) groups excluding carboxylic acids is 1. The number of urea groups is 1. The molecule has 19 heavy (non-hydrogen) atoms. The Hall–Kier alpha value is -1.86. The molecule has 2 atom stereocenters. The minimum Gasteiger partial charge on any atom is -0.369 e. The largest absolute Gasteiger partial charge is 0.369 e. The van der Waals surface area contributed by atoms with Crippen molar-refractivity contribution in [2.75, 3.05) is 11.4 Å². The normalized spacial score (nSPS) is 27.2. The van der Waals surface area contributed by atoms with E-state index in [0.29, 0.717) is 5.92 Å². The summed E-state index contributed by atoms with van der Waals surface area (Å²) in [5, 5.41) is 23.6. The first-order valence-corrected chi connectivity index (χ1v) is 6.17. The van der Waals surface area contributed by atoms with E-state index in [2.05, 4.69) is 11.7 Å². The van der Waals surface area contributed by atoms with Gasteiger partial charge in [0.05, 0.1) is 5.69 Å². The van der Waals surface area contributed by atoms with Crippen LogP contribution >= 0.6 is 0 Å². The Bertz CT molecular complexity index is 511. The zero-order chi connectivity index (χ0) is 13.6. The number of anilines is 1. The number of aliphatic hydroxyl groups excluding tert-OH is 2. The van der Waals surface area contributed by atoms with Crippen LogP contribution in [-0.4, -0.2) is 45.3 Å². The van der Waals surface area contributed by atoms with Crippen LogP contribution in [0.15, 0.2) is 23.2 Å². The predicted molar refractivity (Wildman–Crippen MR) is 65.3 cm³/mol. The average Bonchev–Trinajstić information content (AvgIpc) is 3.10. The molecular weight excluding hydrogens is 250 g/mol. The van der Waals surface area contributed by atoms with Crippen LogP contribution in [0.25, 0.3) is 0 Å². The van der Waals surface area contributed by atoms with Gasteiger partial charge in [0.2, 0.25) is 5.88 Å². The number of hydrogen-bond donors (Lipinski definition) is 2. The van der Waals surface area contributed by atoms with Gasteiger partial charge >= 0.3 is 6.03 Å². The number of carbonyl (C=O) groups is 1. The van der Waals surface area contributed by atoms with Crippen LogP contribution < -0.4 is 4.90 Å². The molecule has 7 heteroatoms. The maximum absolute atomic E-state index is 12.1. The van der Waals surface area contributed by atoms with Crippen molar-refractivity contribution in [2.45, 2.75) is 31.2 Å². The lowest BCUT2D eigenvalue weighted by atomic mass is 10.3. The molecule has 2 unspecified atom stereocenters. The number of hydrogen-bond acceptors (Lipinski definition) is 5. The second-order valence-corrected chi connectivity index (χ2v) is 4.79. The van der Waals surface area contributed by atoms with E-state index in [-0.39, 0.29) is 12.4 Å². The highest BCUT2D eigenvalue weighted by atomic mass is 16.5. The molecule has 0 aromatic carbocycles. The fourth-order valence-corrected chi connectivity index (χ4v) is 2.17. The van der Waals surface area contributed by atoms with Gasteiger partial charge in [-0.2, -0.15) is 0 Å². The Morgan fingerprint density at radius 1 is 1.47 bits per heavy atom. The molecule has 2 aliphatic rings. The van der Waals surface area contributed by atoms with Gasteiger partial charge in [-0.1, -0.05) is 11.2 Å². The average molecular weight is 265 g/mol. The third kappa shape index (κ3) is 1.91. The topological polar surface area (TPSA) is 90.0 Å². The van der Waals surface area contributed by atoms with Gasteiger partial charge in [0.1, 0.15) is 0 Å². The van der Waals surface area contributed by atoms with Crippen LogP contribution in [0.5, 0.6) is 0 Å². The van der Waals surface area contributed by atoms with Gasteiger partial charge in [-0.15, -0.1) is 6.58 Å². The summed E-state index contributed by atoms with van der Waals surface area (Å²) < 4.78 is 5.10. The molecule has 0 spiro atoms. The third-order valence-electron chi connectivity index (χ3n) is 3.38. The van der Waals surface area contributed by atoms with Crippen molar-refractivity contribution in [2.24, 2.45) is 0 Å². The standard InChI is InChI=1S/C12H15N3O4/c1-2-5-14-10(16)11(17)15(12(14)18)9-6-8(13-19-9)7-3-4-7/h2,6-7,10-11,16-17H,1,3-5H2. The molecule has 1 aromatic rings. The van der Waals surface area contributed by atoms with Crippen molar-refractivity contribution in [3.05, 3.63) is 24.4 Å². The van der Waals surface area contributed by atoms with Crippen molar-refractivity contribution in [3.63, 3.8) is 0 Å². The molecule has 2 fully saturated rings. The Labute approximate surface area is 109 Å². The zero-order valence-corrected chi connectivity index (χ0v) is 10.3. The van der Waals surface area contributed by atoms with Crippen LogP contribution in [0.1, 0.15) is 24.5 Å². The number of nitrogens with zero attached hydrogens (tertiary/aromatic N) is 3. The fraction of sp³-hybridized carbons (Fsp3) is 0.500. The van der Waals surface area contributed by atoms with Crippen LogP contribution in [0.2, 0.25) is 0 Å². The van der Waals surface area contributed by atoms with E-state index in [1.54, 1.807) is 6.07 Å². The van der Waals surface area contributed by atoms with E-state index in [9.17, 15) is 15.0 Å². The molecule has 1 aromatic heterocycles. The Morgan fingerprint density at radius 2 is 2.21 bits per heavy atom. The van der Waals surface area contributed by atoms with Crippen molar-refractivity contribution < 1.29 is 19.5 Å². The monoisotopic (exact) mass is 265 g/mol. The summed E-state index contributed by atoms with van der Waals surface area (Å²) in [6.45, 7) is 3.66. The lowest BCUT2D eigenvalue weighted by Gasteiger charge is -2.16. The van der Waals surface area contributed by atoms with Gasteiger partial charge in [0.15, 0.2) is 12.5 Å². The quantitative estimate of drug-likeness (QED) is 0.779. The molecule has 3 rings (SSSR count). The Morgan fingerprint density at radius 3 is 2.84 bits per heavy atom. The first-order chi connectivity index (χ1) is 9.13. The van der Waals surface area contributed by atoms with Crippen molar-refractivity contribution in [3.8, 4) is 0 Å². The van der Waals surface area contributed by atoms with Crippen LogP contribution in [0.4, 0.5) is 10.7 Å². The summed E-state index contributed by atoms with van der Waals surface area (Å²) >= 11 is 0. The summed E-state index contributed by atoms with van der Waals surface area (Å²) in [5.41, 5.74) is 0.784. The molecule has 0 bridgehead atoms. The minimum atomic E-state index is -1.37. The molecule has 1 aliphatic carbocycles. The molecule has 7 nitrogen and oxygen atoms in total. The van der Waals surface area contributed by atoms with Crippen LogP contribution in [0.3, 0.4) is 0 Å². The number of amides is 2. The maximum atomic E-state index is 12.1. The lowest BCUT2D eigenvalue weighted by Crippen LogP contribution is -2.36. The molecule has 2 heterocycles. The number of rotatable bonds is 4. The second kappa shape index (κ2) is 4.36. The first kappa shape index (κ1) is 12.2. The minimum absolute atomic E-state index is 0.150. The molecule has 0 radical (unpaired) electrons. The highest BCUT2D eigenvalue weighted by Gasteiger charge is 2.46. The van der Waals surface area contributed by atoms with Gasteiger partial charge in [0.25, 0.3) is 0 Å². The Balaban J connectivity index is 1.86. The van der Waals surface area contributed by atoms with E-state index in [1.165, 1.54) is 6.08 Å². The van der Waals surface area contributed by atoms with Crippen LogP contribution in [-0.2, 0) is 0 Å². The summed E-state index contributed by atoms with van der Waals surface area (Å²) in [6.07, 6.45) is 0.932. The number of aromatic nitrogens is 1. The first-order valence-electron chi connectivity index (χ1n) is 6.17. The maximum Gasteiger partial charge on any atom is 0.331 e. The van der Waals surface area contributed by atoms with E-state index < -0.39 is 18.5 Å². The molecule has 102 valence electrons. The summed E-state index contributed by atoms with van der Waals surface area (Å²) in [4.78, 5) is 14.2. The fourth-order valence-electron chi connectivity index (χ4n) is 2.17. The van der Waals surface area contributed by atoms with Gasteiger partial charge in [-0.25, -0.2) is 9.69 Å². The molecule has 1 saturated carbocycles. The van der Waals surface area contributed by atoms with E-state index in [0.717, 1.165) is 28.3 Å². The van der Waals surface area contributed by atoms with Gasteiger partial charge in [0, 0.05) is 18.5 Å². The SMILES string of the molecule is C=CCN1C(=O)N(c2cc(C3CC3)no2)C(O)C1O. The highest BCUT2D eigenvalue weighted by Crippen LogP contribution is 2.41. The third-order valence-corrected chi connectivity index (χ3v) is 3.38. The summed E-state index contributed by atoms with van der Waals surface area (Å²) in [5.74, 6) is 0.548. The van der Waals surface area contributed by atoms with Crippen molar-refractivity contribution in [1.29, 1.82) is 0 Å². The van der Waals surface area contributed by atoms with Crippen molar-refractivity contribution >= 4 is 11.9 Å². The van der Waals surface area contributed by atoms with E-state index >= 15 is 0 Å². The predicted octanol–water partition coefficient (Wildman–Crippen LogP) is 0.617. The molecule has 1 aliphatic heterocycles. The second-order valence-electron chi connectivity index (χ2n) is 4.79. The zero-order valence-electron chi connectivity index (χ0n) is 10.3. The van der Waals surface area contributed by atoms with Crippen LogP contribution in [0, 0.1) is 0 Å². The van der Waals surface area contributed by atoms with Gasteiger partial charge in [-0.3, -0.25) is 4.90 Å². The smallest absolute Gasteiger partial charge is 0.331 e. The molecular formula is C12H15N3O4. The molecule has 2 N–H and O–H groups in total. The summed E-state index contributed by atoms with van der Waals surface area (Å²) in [6, 6.07) is 1.11. The van der Waals surface area contributed by atoms with Gasteiger partial charge in [-0.05, 0) is 12.8 Å². The summed E-state index contributed by atoms with van der Waals surface area (Å²) in [7, 11) is 0. The Kier molecular flexibility index (Phi) is 2.79.